The average molecular weight is 366 g/mol. The zero-order valence-corrected chi connectivity index (χ0v) is 13.3. The van der Waals surface area contributed by atoms with E-state index in [1.807, 2.05) is 0 Å². The fourth-order valence-electron chi connectivity index (χ4n) is 1.79. The zero-order valence-electron chi connectivity index (χ0n) is 11.7. The highest BCUT2D eigenvalue weighted by Gasteiger charge is 2.09. The summed E-state index contributed by atoms with van der Waals surface area (Å²) >= 11 is 3.07. The van der Waals surface area contributed by atoms with E-state index < -0.39 is 5.97 Å². The third-order valence-corrected chi connectivity index (χ3v) is 3.35. The number of nitrogens with one attached hydrogen (secondary N) is 1. The summed E-state index contributed by atoms with van der Waals surface area (Å²) in [5.41, 5.74) is 1.27. The lowest BCUT2D eigenvalue weighted by atomic mass is 10.1. The largest absolute Gasteiger partial charge is 0.426 e. The van der Waals surface area contributed by atoms with Crippen molar-refractivity contribution in [1.82, 2.24) is 0 Å². The molecule has 0 radical (unpaired) electrons. The Labute approximate surface area is 135 Å². The van der Waals surface area contributed by atoms with E-state index in [0.29, 0.717) is 21.5 Å². The number of ether oxygens (including phenoxy) is 1. The minimum Gasteiger partial charge on any atom is -0.426 e. The maximum Gasteiger partial charge on any atom is 0.315 e. The van der Waals surface area contributed by atoms with Crippen LogP contribution >= 0.6 is 15.9 Å². The van der Waals surface area contributed by atoms with Gasteiger partial charge in [0.15, 0.2) is 0 Å². The van der Waals surface area contributed by atoms with Crippen LogP contribution in [0.15, 0.2) is 46.9 Å². The van der Waals surface area contributed by atoms with Gasteiger partial charge in [-0.1, -0.05) is 6.07 Å². The number of anilines is 1. The van der Waals surface area contributed by atoms with Crippen molar-refractivity contribution in [3.05, 3.63) is 58.3 Å². The molecule has 0 aliphatic carbocycles. The normalized spacial score (nSPS) is 10.1. The van der Waals surface area contributed by atoms with Crippen molar-refractivity contribution in [2.24, 2.45) is 0 Å². The molecule has 1 amide bonds. The monoisotopic (exact) mass is 365 g/mol. The minimum atomic E-state index is -0.453. The second kappa shape index (κ2) is 7.17. The number of benzene rings is 2. The van der Waals surface area contributed by atoms with Gasteiger partial charge in [0.2, 0.25) is 5.91 Å². The Kier molecular flexibility index (Phi) is 5.27. The van der Waals surface area contributed by atoms with Crippen LogP contribution in [0.1, 0.15) is 12.5 Å². The SMILES string of the molecule is CC(=O)Nc1ccc(OC(=O)Cc2ccc(F)c(Br)c2)cc1. The Morgan fingerprint density at radius 1 is 1.18 bits per heavy atom. The lowest BCUT2D eigenvalue weighted by Gasteiger charge is -2.06. The lowest BCUT2D eigenvalue weighted by Crippen LogP contribution is -2.11. The Hall–Kier alpha value is -2.21. The first-order chi connectivity index (χ1) is 10.4. The van der Waals surface area contributed by atoms with Gasteiger partial charge in [-0.05, 0) is 57.9 Å². The molecule has 1 N–H and O–H groups in total. The second-order valence-corrected chi connectivity index (χ2v) is 5.46. The van der Waals surface area contributed by atoms with Crippen LogP contribution in [0.5, 0.6) is 5.75 Å². The van der Waals surface area contributed by atoms with E-state index >= 15 is 0 Å². The third-order valence-electron chi connectivity index (χ3n) is 2.74. The van der Waals surface area contributed by atoms with Crippen molar-refractivity contribution in [2.75, 3.05) is 5.32 Å². The van der Waals surface area contributed by atoms with Crippen LogP contribution in [0.2, 0.25) is 0 Å². The van der Waals surface area contributed by atoms with Crippen molar-refractivity contribution >= 4 is 33.5 Å². The van der Waals surface area contributed by atoms with Crippen molar-refractivity contribution in [2.45, 2.75) is 13.3 Å². The minimum absolute atomic E-state index is 0.0341. The number of carbonyl (C=O) groups is 2. The lowest BCUT2D eigenvalue weighted by molar-refractivity contribution is -0.133. The molecule has 0 aliphatic heterocycles. The molecule has 0 unspecified atom stereocenters. The van der Waals surface area contributed by atoms with Gasteiger partial charge in [-0.25, -0.2) is 4.39 Å². The molecule has 0 heterocycles. The quantitative estimate of drug-likeness (QED) is 0.663. The van der Waals surface area contributed by atoms with E-state index in [9.17, 15) is 14.0 Å². The first-order valence-electron chi connectivity index (χ1n) is 6.46. The predicted octanol–water partition coefficient (Wildman–Crippen LogP) is 3.69. The summed E-state index contributed by atoms with van der Waals surface area (Å²) in [6.45, 7) is 1.41. The van der Waals surface area contributed by atoms with Crippen LogP contribution in [0.25, 0.3) is 0 Å². The molecular weight excluding hydrogens is 353 g/mol. The summed E-state index contributed by atoms with van der Waals surface area (Å²) in [6.07, 6.45) is 0.0341. The predicted molar refractivity (Wildman–Crippen MR) is 84.2 cm³/mol. The van der Waals surface area contributed by atoms with Gasteiger partial charge in [0.05, 0.1) is 10.9 Å². The Morgan fingerprint density at radius 3 is 2.45 bits per heavy atom. The molecule has 4 nitrogen and oxygen atoms in total. The molecule has 0 bridgehead atoms. The van der Waals surface area contributed by atoms with E-state index in [1.54, 1.807) is 24.3 Å². The first-order valence-corrected chi connectivity index (χ1v) is 7.25. The smallest absolute Gasteiger partial charge is 0.315 e. The molecule has 2 aromatic rings. The molecule has 2 rings (SSSR count). The van der Waals surface area contributed by atoms with Crippen molar-refractivity contribution in [1.29, 1.82) is 0 Å². The maximum absolute atomic E-state index is 13.1. The van der Waals surface area contributed by atoms with Crippen LogP contribution in [0, 0.1) is 5.82 Å². The van der Waals surface area contributed by atoms with E-state index in [2.05, 4.69) is 21.2 Å². The Bertz CT molecular complexity index is 701. The summed E-state index contributed by atoms with van der Waals surface area (Å²) < 4.78 is 18.6. The van der Waals surface area contributed by atoms with Crippen molar-refractivity contribution in [3.8, 4) is 5.75 Å². The molecule has 0 aromatic heterocycles. The van der Waals surface area contributed by atoms with E-state index in [4.69, 9.17) is 4.74 Å². The van der Waals surface area contributed by atoms with Gasteiger partial charge < -0.3 is 10.1 Å². The van der Waals surface area contributed by atoms with E-state index in [0.717, 1.165) is 0 Å². The number of esters is 1. The third kappa shape index (κ3) is 4.66. The molecule has 2 aromatic carbocycles. The highest BCUT2D eigenvalue weighted by molar-refractivity contribution is 9.10. The number of carbonyl (C=O) groups excluding carboxylic acids is 2. The van der Waals surface area contributed by atoms with Gasteiger partial charge >= 0.3 is 5.97 Å². The number of hydrogen-bond donors (Lipinski definition) is 1. The van der Waals surface area contributed by atoms with Crippen LogP contribution in [0.4, 0.5) is 10.1 Å². The fourth-order valence-corrected chi connectivity index (χ4v) is 2.22. The topological polar surface area (TPSA) is 55.4 Å². The van der Waals surface area contributed by atoms with Gasteiger partial charge in [-0.15, -0.1) is 0 Å². The van der Waals surface area contributed by atoms with E-state index in [-0.39, 0.29) is 18.1 Å². The standard InChI is InChI=1S/C16H13BrFNO3/c1-10(20)19-12-3-5-13(6-4-12)22-16(21)9-11-2-7-15(18)14(17)8-11/h2-8H,9H2,1H3,(H,19,20). The van der Waals surface area contributed by atoms with Crippen LogP contribution in [-0.2, 0) is 16.0 Å². The molecule has 22 heavy (non-hydrogen) atoms. The highest BCUT2D eigenvalue weighted by Crippen LogP contribution is 2.19. The van der Waals surface area contributed by atoms with Gasteiger partial charge in [-0.2, -0.15) is 0 Å². The van der Waals surface area contributed by atoms with Crippen LogP contribution < -0.4 is 10.1 Å². The molecule has 0 spiro atoms. The zero-order chi connectivity index (χ0) is 16.1. The second-order valence-electron chi connectivity index (χ2n) is 4.60. The average Bonchev–Trinajstić information content (AvgIpc) is 2.44. The molecule has 0 aliphatic rings. The van der Waals surface area contributed by atoms with Gasteiger partial charge in [0.25, 0.3) is 0 Å². The molecule has 6 heteroatoms. The summed E-state index contributed by atoms with van der Waals surface area (Å²) in [4.78, 5) is 22.7. The van der Waals surface area contributed by atoms with Crippen molar-refractivity contribution in [3.63, 3.8) is 0 Å². The number of hydrogen-bond acceptors (Lipinski definition) is 3. The van der Waals surface area contributed by atoms with Crippen LogP contribution in [-0.4, -0.2) is 11.9 Å². The van der Waals surface area contributed by atoms with E-state index in [1.165, 1.54) is 25.1 Å². The van der Waals surface area contributed by atoms with Crippen LogP contribution in [0.3, 0.4) is 0 Å². The molecule has 0 saturated carbocycles. The Balaban J connectivity index is 1.96. The summed E-state index contributed by atoms with van der Waals surface area (Å²) in [5, 5.41) is 2.62. The number of amides is 1. The molecule has 0 fully saturated rings. The first kappa shape index (κ1) is 16.2. The molecular formula is C16H13BrFNO3. The highest BCUT2D eigenvalue weighted by atomic mass is 79.9. The summed E-state index contributed by atoms with van der Waals surface area (Å²) in [6, 6.07) is 10.8. The number of halogens is 2. The maximum atomic E-state index is 13.1. The molecule has 0 saturated heterocycles. The van der Waals surface area contributed by atoms with Gasteiger partial charge in [-0.3, -0.25) is 9.59 Å². The van der Waals surface area contributed by atoms with Gasteiger partial charge in [0.1, 0.15) is 11.6 Å². The van der Waals surface area contributed by atoms with Crippen molar-refractivity contribution < 1.29 is 18.7 Å². The molecule has 0 atom stereocenters. The number of rotatable bonds is 4. The Morgan fingerprint density at radius 2 is 1.86 bits per heavy atom. The van der Waals surface area contributed by atoms with Gasteiger partial charge in [0, 0.05) is 12.6 Å². The summed E-state index contributed by atoms with van der Waals surface area (Å²) in [5.74, 6) is -0.636. The molecule has 114 valence electrons. The fraction of sp³-hybridized carbons (Fsp3) is 0.125. The summed E-state index contributed by atoms with van der Waals surface area (Å²) in [7, 11) is 0.